The number of carbonyl (C=O) groups is 1. The molecule has 2 N–H and O–H groups in total. The maximum atomic E-state index is 11.5. The summed E-state index contributed by atoms with van der Waals surface area (Å²) in [6, 6.07) is 2.20. The fourth-order valence-corrected chi connectivity index (χ4v) is 1.66. The molecule has 1 aliphatic rings. The van der Waals surface area contributed by atoms with Crippen LogP contribution in [0.15, 0.2) is 12.4 Å². The molecule has 0 radical (unpaired) electrons. The van der Waals surface area contributed by atoms with Crippen molar-refractivity contribution in [2.45, 2.75) is 38.6 Å². The van der Waals surface area contributed by atoms with E-state index in [0.29, 0.717) is 31.5 Å². The zero-order chi connectivity index (χ0) is 13.5. The Hall–Kier alpha value is -1.85. The molecule has 0 spiro atoms. The lowest BCUT2D eigenvalue weighted by Gasteiger charge is -2.07. The van der Waals surface area contributed by atoms with Gasteiger partial charge in [-0.1, -0.05) is 0 Å². The van der Waals surface area contributed by atoms with Gasteiger partial charge in [-0.2, -0.15) is 0 Å². The predicted molar refractivity (Wildman–Crippen MR) is 72.1 cm³/mol. The van der Waals surface area contributed by atoms with Crippen LogP contribution < -0.4 is 15.4 Å². The minimum Gasteiger partial charge on any atom is -0.478 e. The van der Waals surface area contributed by atoms with Gasteiger partial charge in [-0.25, -0.2) is 9.97 Å². The molecule has 1 heterocycles. The van der Waals surface area contributed by atoms with Crippen molar-refractivity contribution in [2.75, 3.05) is 18.5 Å². The predicted octanol–water partition coefficient (Wildman–Crippen LogP) is 1.35. The van der Waals surface area contributed by atoms with Crippen LogP contribution in [-0.2, 0) is 4.79 Å². The SMILES string of the molecule is CCOc1cc(NCCCC(=O)NC2CC2)ncn1. The standard InChI is InChI=1S/C13H20N4O2/c1-2-19-13-8-11(15-9-16-13)14-7-3-4-12(18)17-10-5-6-10/h8-10H,2-7H2,1H3,(H,17,18)(H,14,15,16). The fourth-order valence-electron chi connectivity index (χ4n) is 1.66. The van der Waals surface area contributed by atoms with Gasteiger partial charge in [0.1, 0.15) is 12.1 Å². The fraction of sp³-hybridized carbons (Fsp3) is 0.615. The third-order valence-corrected chi connectivity index (χ3v) is 2.76. The normalized spacial score (nSPS) is 13.9. The molecule has 104 valence electrons. The largest absolute Gasteiger partial charge is 0.478 e. The number of carbonyl (C=O) groups excluding carboxylic acids is 1. The molecule has 0 unspecified atom stereocenters. The van der Waals surface area contributed by atoms with E-state index in [-0.39, 0.29) is 5.91 Å². The molecule has 0 saturated heterocycles. The van der Waals surface area contributed by atoms with E-state index in [9.17, 15) is 4.79 Å². The molecule has 1 fully saturated rings. The van der Waals surface area contributed by atoms with Crippen LogP contribution in [0.4, 0.5) is 5.82 Å². The summed E-state index contributed by atoms with van der Waals surface area (Å²) in [5.41, 5.74) is 0. The summed E-state index contributed by atoms with van der Waals surface area (Å²) in [5, 5.41) is 6.12. The van der Waals surface area contributed by atoms with Crippen molar-refractivity contribution in [3.05, 3.63) is 12.4 Å². The van der Waals surface area contributed by atoms with Crippen LogP contribution >= 0.6 is 0 Å². The van der Waals surface area contributed by atoms with E-state index in [2.05, 4.69) is 20.6 Å². The number of anilines is 1. The smallest absolute Gasteiger partial charge is 0.220 e. The van der Waals surface area contributed by atoms with Crippen molar-refractivity contribution < 1.29 is 9.53 Å². The zero-order valence-corrected chi connectivity index (χ0v) is 11.2. The molecular weight excluding hydrogens is 244 g/mol. The van der Waals surface area contributed by atoms with Crippen molar-refractivity contribution in [2.24, 2.45) is 0 Å². The monoisotopic (exact) mass is 264 g/mol. The number of nitrogens with zero attached hydrogens (tertiary/aromatic N) is 2. The van der Waals surface area contributed by atoms with Crippen molar-refractivity contribution in [1.82, 2.24) is 15.3 Å². The summed E-state index contributed by atoms with van der Waals surface area (Å²) in [6.45, 7) is 3.20. The second kappa shape index (κ2) is 6.92. The van der Waals surface area contributed by atoms with E-state index in [4.69, 9.17) is 4.74 Å². The highest BCUT2D eigenvalue weighted by Crippen LogP contribution is 2.18. The number of nitrogens with one attached hydrogen (secondary N) is 2. The molecule has 1 aromatic heterocycles. The molecule has 0 atom stereocenters. The Morgan fingerprint density at radius 1 is 1.47 bits per heavy atom. The van der Waals surface area contributed by atoms with Gasteiger partial charge in [-0.3, -0.25) is 4.79 Å². The molecule has 6 heteroatoms. The first-order chi connectivity index (χ1) is 9.28. The molecule has 1 saturated carbocycles. The highest BCUT2D eigenvalue weighted by atomic mass is 16.5. The maximum Gasteiger partial charge on any atom is 0.220 e. The zero-order valence-electron chi connectivity index (χ0n) is 11.2. The Bertz CT molecular complexity index is 421. The Balaban J connectivity index is 1.64. The van der Waals surface area contributed by atoms with Crippen LogP contribution in [0.5, 0.6) is 5.88 Å². The van der Waals surface area contributed by atoms with Crippen LogP contribution in [0.3, 0.4) is 0 Å². The van der Waals surface area contributed by atoms with Crippen LogP contribution in [0.1, 0.15) is 32.6 Å². The third-order valence-electron chi connectivity index (χ3n) is 2.76. The van der Waals surface area contributed by atoms with E-state index in [1.165, 1.54) is 6.33 Å². The second-order valence-electron chi connectivity index (χ2n) is 4.55. The third kappa shape index (κ3) is 5.11. The maximum absolute atomic E-state index is 11.5. The topological polar surface area (TPSA) is 76.1 Å². The quantitative estimate of drug-likeness (QED) is 0.693. The van der Waals surface area contributed by atoms with Gasteiger partial charge in [-0.05, 0) is 26.2 Å². The van der Waals surface area contributed by atoms with Gasteiger partial charge in [0.05, 0.1) is 6.61 Å². The summed E-state index contributed by atoms with van der Waals surface area (Å²) in [5.74, 6) is 1.43. The number of aromatic nitrogens is 2. The summed E-state index contributed by atoms with van der Waals surface area (Å²) in [7, 11) is 0. The van der Waals surface area contributed by atoms with Crippen LogP contribution in [-0.4, -0.2) is 35.1 Å². The van der Waals surface area contributed by atoms with E-state index in [0.717, 1.165) is 25.1 Å². The van der Waals surface area contributed by atoms with Gasteiger partial charge in [0.2, 0.25) is 11.8 Å². The molecule has 1 amide bonds. The minimum absolute atomic E-state index is 0.141. The Labute approximate surface area is 113 Å². The van der Waals surface area contributed by atoms with Crippen LogP contribution in [0, 0.1) is 0 Å². The number of amides is 1. The molecule has 0 aliphatic heterocycles. The van der Waals surface area contributed by atoms with Crippen molar-refractivity contribution in [3.8, 4) is 5.88 Å². The highest BCUT2D eigenvalue weighted by Gasteiger charge is 2.22. The number of rotatable bonds is 8. The van der Waals surface area contributed by atoms with Crippen molar-refractivity contribution in [3.63, 3.8) is 0 Å². The molecular formula is C13H20N4O2. The second-order valence-corrected chi connectivity index (χ2v) is 4.55. The van der Waals surface area contributed by atoms with Gasteiger partial charge in [-0.15, -0.1) is 0 Å². The molecule has 2 rings (SSSR count). The lowest BCUT2D eigenvalue weighted by atomic mass is 10.3. The summed E-state index contributed by atoms with van der Waals surface area (Å²) in [6.07, 6.45) is 5.06. The van der Waals surface area contributed by atoms with Crippen molar-refractivity contribution >= 4 is 11.7 Å². The van der Waals surface area contributed by atoms with Gasteiger partial charge >= 0.3 is 0 Å². The Morgan fingerprint density at radius 3 is 3.05 bits per heavy atom. The minimum atomic E-state index is 0.141. The first-order valence-corrected chi connectivity index (χ1v) is 6.76. The molecule has 0 bridgehead atoms. The highest BCUT2D eigenvalue weighted by molar-refractivity contribution is 5.76. The first kappa shape index (κ1) is 13.6. The van der Waals surface area contributed by atoms with Crippen LogP contribution in [0.25, 0.3) is 0 Å². The Kier molecular flexibility index (Phi) is 4.94. The van der Waals surface area contributed by atoms with E-state index < -0.39 is 0 Å². The van der Waals surface area contributed by atoms with Gasteiger partial charge in [0.25, 0.3) is 0 Å². The number of hydrogen-bond donors (Lipinski definition) is 2. The Morgan fingerprint density at radius 2 is 2.32 bits per heavy atom. The average molecular weight is 264 g/mol. The van der Waals surface area contributed by atoms with Gasteiger partial charge in [0, 0.05) is 25.1 Å². The van der Waals surface area contributed by atoms with Crippen LogP contribution in [0.2, 0.25) is 0 Å². The molecule has 1 aromatic rings. The lowest BCUT2D eigenvalue weighted by Crippen LogP contribution is -2.25. The van der Waals surface area contributed by atoms with E-state index >= 15 is 0 Å². The first-order valence-electron chi connectivity index (χ1n) is 6.76. The summed E-state index contributed by atoms with van der Waals surface area (Å²) >= 11 is 0. The summed E-state index contributed by atoms with van der Waals surface area (Å²) < 4.78 is 5.29. The van der Waals surface area contributed by atoms with Gasteiger partial charge in [0.15, 0.2) is 0 Å². The molecule has 1 aliphatic carbocycles. The molecule has 19 heavy (non-hydrogen) atoms. The van der Waals surface area contributed by atoms with Crippen molar-refractivity contribution in [1.29, 1.82) is 0 Å². The number of hydrogen-bond acceptors (Lipinski definition) is 5. The average Bonchev–Trinajstić information content (AvgIpc) is 3.19. The summed E-state index contributed by atoms with van der Waals surface area (Å²) in [4.78, 5) is 19.5. The lowest BCUT2D eigenvalue weighted by molar-refractivity contribution is -0.121. The number of ether oxygens (including phenoxy) is 1. The molecule has 0 aromatic carbocycles. The molecule has 6 nitrogen and oxygen atoms in total. The van der Waals surface area contributed by atoms with E-state index in [1.807, 2.05) is 6.92 Å². The van der Waals surface area contributed by atoms with E-state index in [1.54, 1.807) is 6.07 Å². The van der Waals surface area contributed by atoms with Gasteiger partial charge < -0.3 is 15.4 Å².